The highest BCUT2D eigenvalue weighted by atomic mass is 35.5. The smallest absolute Gasteiger partial charge is 0.317 e. The average Bonchev–Trinajstić information content (AvgIpc) is 3.15. The molecule has 0 aliphatic carbocycles. The summed E-state index contributed by atoms with van der Waals surface area (Å²) in [6.45, 7) is 4.85. The Balaban J connectivity index is 1.37. The summed E-state index contributed by atoms with van der Waals surface area (Å²) in [5.41, 5.74) is 1.67. The number of piperidine rings is 1. The highest BCUT2D eigenvalue weighted by Crippen LogP contribution is 2.45. The molecule has 0 bridgehead atoms. The number of hydrogen-bond donors (Lipinski definition) is 3. The van der Waals surface area contributed by atoms with Crippen molar-refractivity contribution in [3.8, 4) is 0 Å². The number of aliphatic hydroxyl groups is 1. The molecule has 8 nitrogen and oxygen atoms in total. The fraction of sp³-hybridized carbons (Fsp3) is 0.481. The number of nitrogens with zero attached hydrogens (tertiary/aromatic N) is 3. The summed E-state index contributed by atoms with van der Waals surface area (Å²) in [4.78, 5) is 33.1. The van der Waals surface area contributed by atoms with Crippen molar-refractivity contribution in [1.82, 2.24) is 20.0 Å². The molecule has 2 aromatic carbocycles. The molecule has 0 aromatic heterocycles. The summed E-state index contributed by atoms with van der Waals surface area (Å²) in [5, 5.41) is 16.7. The molecule has 1 unspecified atom stereocenters. The van der Waals surface area contributed by atoms with Gasteiger partial charge in [0.25, 0.3) is 0 Å². The van der Waals surface area contributed by atoms with Crippen LogP contribution in [0.1, 0.15) is 24.0 Å². The maximum Gasteiger partial charge on any atom is 0.317 e. The van der Waals surface area contributed by atoms with Crippen molar-refractivity contribution in [2.24, 2.45) is 0 Å². The molecular formula is C27H33Cl2N5O3. The Labute approximate surface area is 227 Å². The predicted octanol–water partition coefficient (Wildman–Crippen LogP) is 3.17. The van der Waals surface area contributed by atoms with Crippen molar-refractivity contribution in [2.75, 3.05) is 57.7 Å². The third-order valence-corrected chi connectivity index (χ3v) is 8.23. The normalized spacial score (nSPS) is 24.6. The number of β-amino-alcohol motifs (C(OH)–C–C–N with tert-alkyl or cyclic N) is 1. The number of nitrogens with one attached hydrogen (secondary N) is 2. The molecule has 2 saturated heterocycles. The van der Waals surface area contributed by atoms with Gasteiger partial charge in [-0.05, 0) is 49.2 Å². The zero-order valence-corrected chi connectivity index (χ0v) is 22.3. The summed E-state index contributed by atoms with van der Waals surface area (Å²) in [6, 6.07) is 13.1. The zero-order valence-electron chi connectivity index (χ0n) is 20.8. The Morgan fingerprint density at radius 2 is 1.86 bits per heavy atom. The molecule has 0 radical (unpaired) electrons. The number of carbonyl (C=O) groups is 2. The van der Waals surface area contributed by atoms with Crippen LogP contribution in [-0.2, 0) is 16.8 Å². The lowest BCUT2D eigenvalue weighted by atomic mass is 9.81. The van der Waals surface area contributed by atoms with Crippen molar-refractivity contribution < 1.29 is 14.7 Å². The second-order valence-electron chi connectivity index (χ2n) is 10.1. The summed E-state index contributed by atoms with van der Waals surface area (Å²) in [6.07, 6.45) is 2.18. The fourth-order valence-corrected chi connectivity index (χ4v) is 6.28. The standard InChI is InChI=1S/C27H33Cl2N5O3/c28-20-4-1-3-19(15-20)17-27(23-7-6-21(29)16-24(23)31-25(27)36)34-8-2-5-22(18-34)30-26(37)33-11-9-32(10-12-33)13-14-35/h1,3-4,6-7,15-16,22,35H,2,5,8-14,17-18H2,(H,30,37)(H,31,36)/t22-,27?/m0/s1. The van der Waals surface area contributed by atoms with Crippen molar-refractivity contribution in [3.05, 3.63) is 63.6 Å². The first kappa shape index (κ1) is 26.3. The van der Waals surface area contributed by atoms with Gasteiger partial charge in [0.1, 0.15) is 5.54 Å². The van der Waals surface area contributed by atoms with Gasteiger partial charge in [0.15, 0.2) is 0 Å². The maximum absolute atomic E-state index is 13.8. The second-order valence-corrected chi connectivity index (χ2v) is 11.0. The Kier molecular flexibility index (Phi) is 7.93. The van der Waals surface area contributed by atoms with Crippen molar-refractivity contribution in [1.29, 1.82) is 0 Å². The van der Waals surface area contributed by atoms with Gasteiger partial charge in [-0.2, -0.15) is 0 Å². The lowest BCUT2D eigenvalue weighted by Gasteiger charge is -2.45. The first-order chi connectivity index (χ1) is 17.9. The Bertz CT molecular complexity index is 1160. The van der Waals surface area contributed by atoms with Crippen LogP contribution in [0.4, 0.5) is 10.5 Å². The minimum absolute atomic E-state index is 0.0672. The van der Waals surface area contributed by atoms with Crippen LogP contribution in [0.5, 0.6) is 0 Å². The van der Waals surface area contributed by atoms with E-state index in [0.29, 0.717) is 42.6 Å². The minimum Gasteiger partial charge on any atom is -0.395 e. The number of carbonyl (C=O) groups excluding carboxylic acids is 2. The topological polar surface area (TPSA) is 88.2 Å². The largest absolute Gasteiger partial charge is 0.395 e. The van der Waals surface area contributed by atoms with E-state index >= 15 is 0 Å². The van der Waals surface area contributed by atoms with E-state index in [-0.39, 0.29) is 24.6 Å². The molecule has 3 aliphatic heterocycles. The van der Waals surface area contributed by atoms with Crippen LogP contribution in [0.3, 0.4) is 0 Å². The highest BCUT2D eigenvalue weighted by Gasteiger charge is 2.52. The SMILES string of the molecule is O=C(N[C@H]1CCCN(C2(Cc3cccc(Cl)c3)C(=O)Nc3cc(Cl)ccc32)C1)N1CCN(CCO)CC1. The third kappa shape index (κ3) is 5.45. The molecule has 3 amide bonds. The number of amides is 3. The molecule has 37 heavy (non-hydrogen) atoms. The summed E-state index contributed by atoms with van der Waals surface area (Å²) >= 11 is 12.6. The molecule has 10 heteroatoms. The lowest BCUT2D eigenvalue weighted by Crippen LogP contribution is -2.61. The summed E-state index contributed by atoms with van der Waals surface area (Å²) < 4.78 is 0. The number of aliphatic hydroxyl groups excluding tert-OH is 1. The van der Waals surface area contributed by atoms with Gasteiger partial charge < -0.3 is 20.6 Å². The number of rotatable bonds is 6. The van der Waals surface area contributed by atoms with Gasteiger partial charge in [-0.1, -0.05) is 41.4 Å². The molecule has 3 aliphatic rings. The van der Waals surface area contributed by atoms with Crippen LogP contribution in [0.25, 0.3) is 0 Å². The Morgan fingerprint density at radius 3 is 2.62 bits per heavy atom. The quantitative estimate of drug-likeness (QED) is 0.518. The molecule has 2 fully saturated rings. The van der Waals surface area contributed by atoms with Crippen LogP contribution in [-0.4, -0.2) is 90.2 Å². The molecule has 0 spiro atoms. The Morgan fingerprint density at radius 1 is 1.08 bits per heavy atom. The summed E-state index contributed by atoms with van der Waals surface area (Å²) in [7, 11) is 0. The molecular weight excluding hydrogens is 513 g/mol. The fourth-order valence-electron chi connectivity index (χ4n) is 5.90. The lowest BCUT2D eigenvalue weighted by molar-refractivity contribution is -0.129. The van der Waals surface area contributed by atoms with E-state index in [4.69, 9.17) is 28.3 Å². The van der Waals surface area contributed by atoms with Crippen LogP contribution in [0.15, 0.2) is 42.5 Å². The zero-order chi connectivity index (χ0) is 26.0. The van der Waals surface area contributed by atoms with Crippen molar-refractivity contribution in [2.45, 2.75) is 30.8 Å². The minimum atomic E-state index is -0.927. The predicted molar refractivity (Wildman–Crippen MR) is 145 cm³/mol. The van der Waals surface area contributed by atoms with Gasteiger partial charge in [-0.15, -0.1) is 0 Å². The van der Waals surface area contributed by atoms with E-state index in [1.807, 2.05) is 41.3 Å². The van der Waals surface area contributed by atoms with Gasteiger partial charge >= 0.3 is 6.03 Å². The van der Waals surface area contributed by atoms with E-state index in [1.165, 1.54) is 0 Å². The van der Waals surface area contributed by atoms with E-state index in [1.54, 1.807) is 6.07 Å². The Hall–Kier alpha value is -2.36. The monoisotopic (exact) mass is 545 g/mol. The number of fused-ring (bicyclic) bond motifs is 1. The first-order valence-corrected chi connectivity index (χ1v) is 13.6. The van der Waals surface area contributed by atoms with Crippen LogP contribution in [0.2, 0.25) is 10.0 Å². The maximum atomic E-state index is 13.8. The van der Waals surface area contributed by atoms with Crippen LogP contribution < -0.4 is 10.6 Å². The van der Waals surface area contributed by atoms with Gasteiger partial charge in [-0.25, -0.2) is 4.79 Å². The first-order valence-electron chi connectivity index (χ1n) is 12.9. The number of likely N-dealkylation sites (tertiary alicyclic amines) is 1. The van der Waals surface area contributed by atoms with Gasteiger partial charge in [0, 0.05) is 73.0 Å². The molecule has 0 saturated carbocycles. The summed E-state index contributed by atoms with van der Waals surface area (Å²) in [5.74, 6) is -0.0864. The van der Waals surface area contributed by atoms with Gasteiger partial charge in [0.05, 0.1) is 6.61 Å². The third-order valence-electron chi connectivity index (χ3n) is 7.76. The van der Waals surface area contributed by atoms with E-state index < -0.39 is 5.54 Å². The molecule has 3 N–H and O–H groups in total. The van der Waals surface area contributed by atoms with Gasteiger partial charge in [0.2, 0.25) is 5.91 Å². The molecule has 5 rings (SSSR count). The van der Waals surface area contributed by atoms with Crippen molar-refractivity contribution >= 4 is 40.8 Å². The number of hydrogen-bond acceptors (Lipinski definition) is 5. The van der Waals surface area contributed by atoms with E-state index in [9.17, 15) is 9.59 Å². The van der Waals surface area contributed by atoms with E-state index in [0.717, 1.165) is 49.3 Å². The van der Waals surface area contributed by atoms with Crippen LogP contribution >= 0.6 is 23.2 Å². The molecule has 2 atom stereocenters. The molecule has 198 valence electrons. The van der Waals surface area contributed by atoms with Gasteiger partial charge in [-0.3, -0.25) is 14.6 Å². The second kappa shape index (κ2) is 11.2. The number of anilines is 1. The number of halogens is 2. The number of urea groups is 1. The van der Waals surface area contributed by atoms with E-state index in [2.05, 4.69) is 20.4 Å². The van der Waals surface area contributed by atoms with Crippen LogP contribution in [0, 0.1) is 0 Å². The van der Waals surface area contributed by atoms with Crippen molar-refractivity contribution in [3.63, 3.8) is 0 Å². The molecule has 3 heterocycles. The highest BCUT2D eigenvalue weighted by molar-refractivity contribution is 6.31. The number of benzene rings is 2. The average molecular weight is 546 g/mol. The number of piperazine rings is 1. The molecule has 2 aromatic rings.